The van der Waals surface area contributed by atoms with E-state index in [-0.39, 0.29) is 23.4 Å². The lowest BCUT2D eigenvalue weighted by atomic mass is 9.86. The van der Waals surface area contributed by atoms with Crippen LogP contribution in [-0.2, 0) is 22.4 Å². The van der Waals surface area contributed by atoms with Gasteiger partial charge in [-0.1, -0.05) is 54.9 Å². The van der Waals surface area contributed by atoms with Crippen molar-refractivity contribution in [2.24, 2.45) is 11.0 Å². The van der Waals surface area contributed by atoms with Gasteiger partial charge in [-0.25, -0.2) is 5.01 Å². The van der Waals surface area contributed by atoms with Gasteiger partial charge in [0.2, 0.25) is 5.91 Å². The highest BCUT2D eigenvalue weighted by atomic mass is 35.5. The number of hydrogen-bond donors (Lipinski definition) is 1. The Morgan fingerprint density at radius 3 is 2.70 bits per heavy atom. The normalized spacial score (nSPS) is 19.2. The van der Waals surface area contributed by atoms with E-state index in [1.165, 1.54) is 5.56 Å². The number of hydrogen-bond acceptors (Lipinski definition) is 4. The number of methoxy groups -OCH3 is 1. The van der Waals surface area contributed by atoms with Crippen LogP contribution in [0.4, 0.5) is 0 Å². The van der Waals surface area contributed by atoms with Crippen molar-refractivity contribution in [1.82, 2.24) is 9.99 Å². The van der Waals surface area contributed by atoms with E-state index >= 15 is 0 Å². The summed E-state index contributed by atoms with van der Waals surface area (Å²) >= 11 is 6.39. The van der Waals surface area contributed by atoms with E-state index in [1.54, 1.807) is 18.2 Å². The number of benzene rings is 2. The number of aromatic nitrogens is 1. The Kier molecular flexibility index (Phi) is 7.28. The second-order valence-corrected chi connectivity index (χ2v) is 9.90. The molecule has 1 amide bonds. The fraction of sp³-hybridized carbons (Fsp3) is 0.300. The summed E-state index contributed by atoms with van der Waals surface area (Å²) in [5.74, 6) is 0.841. The molecule has 0 radical (unpaired) electrons. The van der Waals surface area contributed by atoms with Crippen molar-refractivity contribution in [1.29, 1.82) is 0 Å². The summed E-state index contributed by atoms with van der Waals surface area (Å²) in [5, 5.41) is 7.90. The van der Waals surface area contributed by atoms with Crippen molar-refractivity contribution >= 4 is 34.1 Å². The van der Waals surface area contributed by atoms with Gasteiger partial charge in [-0.15, -0.1) is 0 Å². The average Bonchev–Trinajstić information content (AvgIpc) is 3.37. The van der Waals surface area contributed by atoms with Gasteiger partial charge in [-0.2, -0.15) is 5.10 Å². The summed E-state index contributed by atoms with van der Waals surface area (Å²) in [4.78, 5) is 29.5. The average molecular weight is 516 g/mol. The topological polar surface area (TPSA) is 74.8 Å². The van der Waals surface area contributed by atoms with E-state index in [1.807, 2.05) is 49.4 Å². The Balaban J connectivity index is 1.58. The van der Waals surface area contributed by atoms with Gasteiger partial charge >= 0.3 is 0 Å². The van der Waals surface area contributed by atoms with E-state index in [9.17, 15) is 9.59 Å². The molecule has 2 atom stereocenters. The molecule has 2 unspecified atom stereocenters. The molecule has 3 aromatic rings. The molecular weight excluding hydrogens is 486 g/mol. The molecule has 2 heterocycles. The summed E-state index contributed by atoms with van der Waals surface area (Å²) in [6, 6.07) is 15.6. The number of hydrazone groups is 1. The zero-order valence-electron chi connectivity index (χ0n) is 21.0. The number of allylic oxidation sites excluding steroid dienone is 2. The molecule has 0 bridgehead atoms. The highest BCUT2D eigenvalue weighted by Gasteiger charge is 2.37. The third-order valence-electron chi connectivity index (χ3n) is 7.21. The lowest BCUT2D eigenvalue weighted by molar-refractivity contribution is -0.133. The molecule has 5 rings (SSSR count). The number of fused-ring (bicyclic) bond motifs is 1. The Hall–Kier alpha value is -3.64. The highest BCUT2D eigenvalue weighted by molar-refractivity contribution is 6.31. The third-order valence-corrected chi connectivity index (χ3v) is 7.45. The van der Waals surface area contributed by atoms with Gasteiger partial charge in [0.05, 0.1) is 24.4 Å². The Labute approximate surface area is 221 Å². The highest BCUT2D eigenvalue weighted by Crippen LogP contribution is 2.33. The first-order valence-electron chi connectivity index (χ1n) is 12.7. The van der Waals surface area contributed by atoms with Crippen LogP contribution in [0.15, 0.2) is 82.4 Å². The molecular formula is C30H30ClN3O3. The van der Waals surface area contributed by atoms with Crippen LogP contribution >= 0.6 is 11.6 Å². The zero-order valence-corrected chi connectivity index (χ0v) is 21.8. The van der Waals surface area contributed by atoms with Crippen molar-refractivity contribution in [3.63, 3.8) is 0 Å². The molecule has 0 saturated carbocycles. The zero-order chi connectivity index (χ0) is 25.9. The summed E-state index contributed by atoms with van der Waals surface area (Å²) in [6.07, 6.45) is 9.06. The maximum atomic E-state index is 13.5. The minimum atomic E-state index is -0.193. The predicted molar refractivity (Wildman–Crippen MR) is 148 cm³/mol. The van der Waals surface area contributed by atoms with Crippen LogP contribution < -0.4 is 5.56 Å². The number of aryl methyl sites for hydroxylation is 2. The number of ether oxygens (including phenoxy) is 1. The molecule has 0 saturated heterocycles. The standard InChI is InChI=1S/C30H30ClN3O3/c1-3-28(35)34-27(20-10-13-22(37-2)14-11-20)18-26(33-34)29-23(15-9-19-7-5-4-6-8-19)24-17-21(31)12-16-25(24)32-30(29)36/h4-8,10,12-14,16-17,20,27H,3,9,11,15,18H2,1-2H3,(H,32,36). The number of H-pyrrole nitrogens is 1. The van der Waals surface area contributed by atoms with E-state index in [0.29, 0.717) is 35.6 Å². The second-order valence-electron chi connectivity index (χ2n) is 9.46. The summed E-state index contributed by atoms with van der Waals surface area (Å²) < 4.78 is 5.34. The minimum absolute atomic E-state index is 0.0546. The number of nitrogens with zero attached hydrogens (tertiary/aromatic N) is 2. The Morgan fingerprint density at radius 1 is 1.19 bits per heavy atom. The lowest BCUT2D eigenvalue weighted by Crippen LogP contribution is -2.37. The maximum absolute atomic E-state index is 13.5. The van der Waals surface area contributed by atoms with Crippen molar-refractivity contribution in [2.75, 3.05) is 7.11 Å². The number of rotatable bonds is 7. The van der Waals surface area contributed by atoms with Gasteiger partial charge in [0.25, 0.3) is 5.56 Å². The molecule has 190 valence electrons. The number of pyridine rings is 1. The number of carbonyl (C=O) groups is 1. The van der Waals surface area contributed by atoms with Crippen LogP contribution in [0, 0.1) is 5.92 Å². The molecule has 7 heteroatoms. The first-order chi connectivity index (χ1) is 18.0. The van der Waals surface area contributed by atoms with E-state index in [4.69, 9.17) is 21.4 Å². The lowest BCUT2D eigenvalue weighted by Gasteiger charge is -2.28. The van der Waals surface area contributed by atoms with Gasteiger partial charge < -0.3 is 9.72 Å². The van der Waals surface area contributed by atoms with Gasteiger partial charge in [0.15, 0.2) is 0 Å². The number of aromatic amines is 1. The Bertz CT molecular complexity index is 1470. The van der Waals surface area contributed by atoms with Crippen LogP contribution in [0.3, 0.4) is 0 Å². The molecule has 1 aliphatic carbocycles. The van der Waals surface area contributed by atoms with Gasteiger partial charge in [0.1, 0.15) is 5.76 Å². The van der Waals surface area contributed by atoms with Crippen molar-refractivity contribution in [3.05, 3.63) is 105 Å². The second kappa shape index (κ2) is 10.8. The smallest absolute Gasteiger partial charge is 0.257 e. The Morgan fingerprint density at radius 2 is 2.00 bits per heavy atom. The van der Waals surface area contributed by atoms with Crippen LogP contribution in [0.5, 0.6) is 0 Å². The molecule has 0 fully saturated rings. The maximum Gasteiger partial charge on any atom is 0.257 e. The van der Waals surface area contributed by atoms with E-state index in [0.717, 1.165) is 35.1 Å². The van der Waals surface area contributed by atoms with Gasteiger partial charge in [-0.3, -0.25) is 9.59 Å². The van der Waals surface area contributed by atoms with Crippen LogP contribution in [-0.4, -0.2) is 34.8 Å². The summed E-state index contributed by atoms with van der Waals surface area (Å²) in [7, 11) is 1.65. The first kappa shape index (κ1) is 25.0. The fourth-order valence-electron chi connectivity index (χ4n) is 5.28. The van der Waals surface area contributed by atoms with Crippen molar-refractivity contribution in [2.45, 2.75) is 45.1 Å². The fourth-order valence-corrected chi connectivity index (χ4v) is 5.45. The number of amides is 1. The number of carbonyl (C=O) groups excluding carboxylic acids is 1. The van der Waals surface area contributed by atoms with Crippen LogP contribution in [0.1, 0.15) is 42.9 Å². The predicted octanol–water partition coefficient (Wildman–Crippen LogP) is 5.79. The van der Waals surface area contributed by atoms with E-state index < -0.39 is 0 Å². The third kappa shape index (κ3) is 5.12. The first-order valence-corrected chi connectivity index (χ1v) is 13.1. The van der Waals surface area contributed by atoms with Crippen LogP contribution in [0.25, 0.3) is 10.9 Å². The quantitative estimate of drug-likeness (QED) is 0.433. The van der Waals surface area contributed by atoms with Crippen LogP contribution in [0.2, 0.25) is 5.02 Å². The largest absolute Gasteiger partial charge is 0.497 e. The van der Waals surface area contributed by atoms with Gasteiger partial charge in [-0.05, 0) is 60.7 Å². The summed E-state index contributed by atoms with van der Waals surface area (Å²) in [6.45, 7) is 1.84. The molecule has 6 nitrogen and oxygen atoms in total. The SMILES string of the molecule is CCC(=O)N1N=C(c2c(CCc3ccccc3)c3cc(Cl)ccc3[nH]c2=O)CC1C1C=CC(OC)=CC1. The van der Waals surface area contributed by atoms with Gasteiger partial charge in [0, 0.05) is 34.7 Å². The minimum Gasteiger partial charge on any atom is -0.497 e. The molecule has 0 spiro atoms. The molecule has 2 aliphatic rings. The molecule has 37 heavy (non-hydrogen) atoms. The number of halogens is 1. The van der Waals surface area contributed by atoms with Crippen molar-refractivity contribution < 1.29 is 9.53 Å². The van der Waals surface area contributed by atoms with E-state index in [2.05, 4.69) is 23.2 Å². The molecule has 1 aliphatic heterocycles. The molecule has 2 aromatic carbocycles. The van der Waals surface area contributed by atoms with Crippen molar-refractivity contribution in [3.8, 4) is 0 Å². The monoisotopic (exact) mass is 515 g/mol. The summed E-state index contributed by atoms with van der Waals surface area (Å²) in [5.41, 5.74) is 3.84. The number of nitrogens with one attached hydrogen (secondary N) is 1. The molecule has 1 N–H and O–H groups in total. The molecule has 1 aromatic heterocycles.